The average molecular weight is 264 g/mol. The van der Waals surface area contributed by atoms with E-state index in [0.29, 0.717) is 0 Å². The highest BCUT2D eigenvalue weighted by molar-refractivity contribution is 7.37. The Morgan fingerprint density at radius 1 is 0.824 bits per heavy atom. The lowest BCUT2D eigenvalue weighted by atomic mass is 10.3. The number of para-hydroxylation sites is 2. The molecule has 0 radical (unpaired) electrons. The number of hydrogen-bond acceptors (Lipinski definition) is 1. The number of benzene rings is 2. The van der Waals surface area contributed by atoms with Crippen molar-refractivity contribution in [3.05, 3.63) is 60.7 Å². The van der Waals surface area contributed by atoms with Gasteiger partial charge in [-0.15, -0.1) is 0 Å². The summed E-state index contributed by atoms with van der Waals surface area (Å²) in [5.74, 6) is 0. The van der Waals surface area contributed by atoms with Crippen LogP contribution in [0.5, 0.6) is 0 Å². The van der Waals surface area contributed by atoms with Crippen LogP contribution in [0.1, 0.15) is 0 Å². The van der Waals surface area contributed by atoms with E-state index in [9.17, 15) is 0 Å². The SMILES string of the molecule is O.PN=PN(c1ccccc1)c1ccccc1. The van der Waals surface area contributed by atoms with Gasteiger partial charge in [-0.2, -0.15) is 0 Å². The molecule has 1 unspecified atom stereocenters. The molecule has 3 nitrogen and oxygen atoms in total. The summed E-state index contributed by atoms with van der Waals surface area (Å²) in [6.07, 6.45) is 0. The molecule has 0 amide bonds. The summed E-state index contributed by atoms with van der Waals surface area (Å²) in [5.41, 5.74) is 2.28. The van der Waals surface area contributed by atoms with Gasteiger partial charge >= 0.3 is 0 Å². The molecule has 0 aliphatic carbocycles. The molecule has 0 aromatic heterocycles. The molecule has 0 spiro atoms. The Labute approximate surface area is 105 Å². The maximum Gasteiger partial charge on any atom is 0.135 e. The molecular weight excluding hydrogens is 250 g/mol. The minimum absolute atomic E-state index is 0. The van der Waals surface area contributed by atoms with Crippen molar-refractivity contribution in [3.63, 3.8) is 0 Å². The first-order valence-corrected chi connectivity index (χ1v) is 6.24. The first-order valence-electron chi connectivity index (χ1n) is 4.93. The van der Waals surface area contributed by atoms with Gasteiger partial charge in [-0.25, -0.2) is 4.52 Å². The van der Waals surface area contributed by atoms with E-state index < -0.39 is 0 Å². The number of nitrogens with zero attached hydrogens (tertiary/aromatic N) is 2. The van der Waals surface area contributed by atoms with E-state index >= 15 is 0 Å². The first-order chi connectivity index (χ1) is 7.92. The number of hydrogen-bond donors (Lipinski definition) is 0. The molecule has 0 saturated carbocycles. The Morgan fingerprint density at radius 3 is 1.59 bits per heavy atom. The molecular formula is C12H14N2OP2. The zero-order valence-electron chi connectivity index (χ0n) is 9.19. The molecule has 0 saturated heterocycles. The summed E-state index contributed by atoms with van der Waals surface area (Å²) in [6.45, 7) is 0. The van der Waals surface area contributed by atoms with Gasteiger partial charge in [0, 0.05) is 0 Å². The average Bonchev–Trinajstić information content (AvgIpc) is 2.38. The molecule has 0 heterocycles. The van der Waals surface area contributed by atoms with Gasteiger partial charge in [0.2, 0.25) is 0 Å². The van der Waals surface area contributed by atoms with Gasteiger partial charge in [0.15, 0.2) is 0 Å². The lowest BCUT2D eigenvalue weighted by Gasteiger charge is -2.17. The molecule has 0 aliphatic heterocycles. The van der Waals surface area contributed by atoms with E-state index in [1.807, 2.05) is 36.4 Å². The molecule has 2 aromatic carbocycles. The van der Waals surface area contributed by atoms with Gasteiger partial charge in [0.1, 0.15) is 8.52 Å². The number of rotatable bonds is 3. The van der Waals surface area contributed by atoms with E-state index in [-0.39, 0.29) is 5.48 Å². The fraction of sp³-hybridized carbons (Fsp3) is 0. The smallest absolute Gasteiger partial charge is 0.135 e. The van der Waals surface area contributed by atoms with E-state index in [1.54, 1.807) is 0 Å². The van der Waals surface area contributed by atoms with Crippen LogP contribution < -0.4 is 4.67 Å². The highest BCUT2D eigenvalue weighted by atomic mass is 31.1. The van der Waals surface area contributed by atoms with Gasteiger partial charge in [0.25, 0.3) is 0 Å². The zero-order chi connectivity index (χ0) is 11.2. The second-order valence-electron chi connectivity index (χ2n) is 3.19. The summed E-state index contributed by atoms with van der Waals surface area (Å²) in [4.78, 5) is 0. The second kappa shape index (κ2) is 7.13. The molecule has 5 heteroatoms. The minimum Gasteiger partial charge on any atom is -0.412 e. The molecule has 2 rings (SSSR count). The van der Waals surface area contributed by atoms with Gasteiger partial charge in [-0.05, 0) is 33.7 Å². The van der Waals surface area contributed by atoms with Crippen molar-refractivity contribution in [1.29, 1.82) is 0 Å². The van der Waals surface area contributed by atoms with Gasteiger partial charge in [0.05, 0.1) is 11.4 Å². The van der Waals surface area contributed by atoms with Crippen molar-refractivity contribution in [1.82, 2.24) is 0 Å². The summed E-state index contributed by atoms with van der Waals surface area (Å²) < 4.78 is 6.24. The molecule has 2 N–H and O–H groups in total. The molecule has 0 fully saturated rings. The Morgan fingerprint density at radius 2 is 1.24 bits per heavy atom. The largest absolute Gasteiger partial charge is 0.412 e. The Bertz CT molecular complexity index is 423. The fourth-order valence-electron chi connectivity index (χ4n) is 1.44. The third-order valence-electron chi connectivity index (χ3n) is 2.14. The third-order valence-corrected chi connectivity index (χ3v) is 3.20. The second-order valence-corrected chi connectivity index (χ2v) is 4.69. The fourth-order valence-corrected chi connectivity index (χ4v) is 2.33. The summed E-state index contributed by atoms with van der Waals surface area (Å²) in [6, 6.07) is 20.5. The molecule has 0 aliphatic rings. The molecule has 88 valence electrons. The van der Waals surface area contributed by atoms with Crippen LogP contribution in [0.4, 0.5) is 11.4 Å². The molecule has 2 aromatic rings. The molecule has 1 atom stereocenters. The van der Waals surface area contributed by atoms with Crippen molar-refractivity contribution in [3.8, 4) is 0 Å². The van der Waals surface area contributed by atoms with Crippen LogP contribution in [0.15, 0.2) is 65.2 Å². The van der Waals surface area contributed by atoms with Crippen molar-refractivity contribution >= 4 is 29.3 Å². The van der Waals surface area contributed by atoms with Crippen molar-refractivity contribution in [2.24, 2.45) is 4.52 Å². The monoisotopic (exact) mass is 264 g/mol. The lowest BCUT2D eigenvalue weighted by molar-refractivity contribution is 0.824. The highest BCUT2D eigenvalue weighted by Crippen LogP contribution is 2.32. The van der Waals surface area contributed by atoms with Crippen LogP contribution in [0.3, 0.4) is 0 Å². The van der Waals surface area contributed by atoms with Crippen LogP contribution in [0.2, 0.25) is 0 Å². The summed E-state index contributed by atoms with van der Waals surface area (Å²) in [7, 11) is 3.29. The Hall–Kier alpha value is -1.27. The van der Waals surface area contributed by atoms with Crippen LogP contribution in [0.25, 0.3) is 0 Å². The minimum atomic E-state index is 0. The van der Waals surface area contributed by atoms with Gasteiger partial charge < -0.3 is 5.48 Å². The van der Waals surface area contributed by atoms with Crippen LogP contribution in [0, 0.1) is 0 Å². The van der Waals surface area contributed by atoms with Crippen LogP contribution >= 0.6 is 17.9 Å². The predicted octanol–water partition coefficient (Wildman–Crippen LogP) is 3.83. The first kappa shape index (κ1) is 13.8. The standard InChI is InChI=1S/C12H12N2P2.H2O/c15-13-16-14(11-7-3-1-4-8-11)12-9-5-2-6-10-12;/h1-10H,15H2;1H2. The Balaban J connectivity index is 0.00000144. The topological polar surface area (TPSA) is 47.1 Å². The predicted molar refractivity (Wildman–Crippen MR) is 77.7 cm³/mol. The van der Waals surface area contributed by atoms with E-state index in [4.69, 9.17) is 0 Å². The van der Waals surface area contributed by atoms with E-state index in [2.05, 4.69) is 42.8 Å². The number of anilines is 2. The van der Waals surface area contributed by atoms with Crippen molar-refractivity contribution < 1.29 is 5.48 Å². The quantitative estimate of drug-likeness (QED) is 0.777. The highest BCUT2D eigenvalue weighted by Gasteiger charge is 2.05. The summed E-state index contributed by atoms with van der Waals surface area (Å²) in [5, 5.41) is 0. The summed E-state index contributed by atoms with van der Waals surface area (Å²) >= 11 is 0. The normalized spacial score (nSPS) is 9.94. The van der Waals surface area contributed by atoms with Gasteiger partial charge in [-0.1, -0.05) is 36.4 Å². The van der Waals surface area contributed by atoms with Crippen molar-refractivity contribution in [2.75, 3.05) is 4.67 Å². The zero-order valence-corrected chi connectivity index (χ0v) is 11.2. The van der Waals surface area contributed by atoms with E-state index in [1.165, 1.54) is 0 Å². The molecule has 17 heavy (non-hydrogen) atoms. The Kier molecular flexibility index (Phi) is 5.79. The van der Waals surface area contributed by atoms with Crippen molar-refractivity contribution in [2.45, 2.75) is 0 Å². The van der Waals surface area contributed by atoms with Crippen LogP contribution in [-0.4, -0.2) is 5.48 Å². The maximum atomic E-state index is 4.10. The van der Waals surface area contributed by atoms with Gasteiger partial charge in [-0.3, -0.25) is 4.67 Å². The van der Waals surface area contributed by atoms with Crippen LogP contribution in [-0.2, 0) is 0 Å². The molecule has 0 bridgehead atoms. The maximum absolute atomic E-state index is 4.10. The lowest BCUT2D eigenvalue weighted by Crippen LogP contribution is -2.01. The van der Waals surface area contributed by atoms with E-state index in [0.717, 1.165) is 19.9 Å². The third kappa shape index (κ3) is 3.61.